The third-order valence-electron chi connectivity index (χ3n) is 5.57. The van der Waals surface area contributed by atoms with E-state index in [1.807, 2.05) is 6.07 Å². The predicted molar refractivity (Wildman–Crippen MR) is 126 cm³/mol. The molecule has 1 atom stereocenters. The minimum absolute atomic E-state index is 0.109. The Kier molecular flexibility index (Phi) is 6.44. The van der Waals surface area contributed by atoms with Crippen LogP contribution in [0.5, 0.6) is 0 Å². The molecule has 1 aliphatic heterocycles. The summed E-state index contributed by atoms with van der Waals surface area (Å²) >= 11 is 13.0. The number of rotatable bonds is 5. The fourth-order valence-corrected chi connectivity index (χ4v) is 4.65. The van der Waals surface area contributed by atoms with Gasteiger partial charge in [-0.2, -0.15) is 5.10 Å². The number of hydrogen-bond acceptors (Lipinski definition) is 4. The fraction of sp³-hybridized carbons (Fsp3) is 0.273. The molecule has 11 heteroatoms. The highest BCUT2D eigenvalue weighted by molar-refractivity contribution is 6.40. The Balaban J connectivity index is 1.52. The first-order valence-corrected chi connectivity index (χ1v) is 11.1. The zero-order chi connectivity index (χ0) is 23.7. The second kappa shape index (κ2) is 9.29. The highest BCUT2D eigenvalue weighted by Gasteiger charge is 2.28. The molecule has 2 heterocycles. The molecule has 0 aliphatic carbocycles. The van der Waals surface area contributed by atoms with Gasteiger partial charge in [-0.3, -0.25) is 14.7 Å². The third-order valence-corrected chi connectivity index (χ3v) is 6.28. The Hall–Kier alpha value is -3.30. The summed E-state index contributed by atoms with van der Waals surface area (Å²) in [5.74, 6) is -0.556. The smallest absolute Gasteiger partial charge is 0.312 e. The molecule has 0 saturated carbocycles. The van der Waals surface area contributed by atoms with Crippen molar-refractivity contribution < 1.29 is 14.4 Å². The zero-order valence-corrected chi connectivity index (χ0v) is 19.3. The highest BCUT2D eigenvalue weighted by atomic mass is 35.5. The lowest BCUT2D eigenvalue weighted by Crippen LogP contribution is -2.43. The Morgan fingerprint density at radius 1 is 1.27 bits per heavy atom. The number of H-pyrrole nitrogens is 1. The number of urea groups is 1. The maximum Gasteiger partial charge on any atom is 0.312 e. The van der Waals surface area contributed by atoms with Crippen LogP contribution in [-0.2, 0) is 13.0 Å². The van der Waals surface area contributed by atoms with Gasteiger partial charge in [0.05, 0.1) is 27.3 Å². The standard InChI is InChI=1S/C22H22Cl2N6O3/c1-11(8-26-22(25)33)28-20(31)18-16(23)6-14-10-30(5-4-15(14)19(18)24)21(32)12-2-3-13-9-27-29-17(13)7-12/h2-3,6-7,9,11H,4-5,8,10H2,1H3,(H,27,29)(H,28,31)(H3,25,26,33). The van der Waals surface area contributed by atoms with Crippen LogP contribution in [-0.4, -0.2) is 52.1 Å². The van der Waals surface area contributed by atoms with E-state index < -0.39 is 11.9 Å². The molecular weight excluding hydrogens is 467 g/mol. The summed E-state index contributed by atoms with van der Waals surface area (Å²) in [6.45, 7) is 2.67. The molecule has 0 saturated heterocycles. The van der Waals surface area contributed by atoms with E-state index in [-0.39, 0.29) is 34.1 Å². The van der Waals surface area contributed by atoms with Crippen molar-refractivity contribution in [2.75, 3.05) is 13.1 Å². The normalized spacial score (nSPS) is 14.0. The van der Waals surface area contributed by atoms with E-state index >= 15 is 0 Å². The summed E-state index contributed by atoms with van der Waals surface area (Å²) in [5.41, 5.74) is 8.17. The van der Waals surface area contributed by atoms with Gasteiger partial charge in [0.25, 0.3) is 11.8 Å². The predicted octanol–water partition coefficient (Wildman–Crippen LogP) is 2.85. The Morgan fingerprint density at radius 3 is 2.82 bits per heavy atom. The van der Waals surface area contributed by atoms with Crippen LogP contribution in [0.4, 0.5) is 4.79 Å². The van der Waals surface area contributed by atoms with E-state index in [1.54, 1.807) is 36.2 Å². The highest BCUT2D eigenvalue weighted by Crippen LogP contribution is 2.35. The number of aromatic nitrogens is 2. The van der Waals surface area contributed by atoms with Crippen molar-refractivity contribution in [3.8, 4) is 0 Å². The molecule has 9 nitrogen and oxygen atoms in total. The van der Waals surface area contributed by atoms with Crippen molar-refractivity contribution in [3.05, 3.63) is 62.8 Å². The number of halogens is 2. The maximum atomic E-state index is 13.1. The van der Waals surface area contributed by atoms with Crippen LogP contribution < -0.4 is 16.4 Å². The van der Waals surface area contributed by atoms with Crippen LogP contribution in [0, 0.1) is 0 Å². The van der Waals surface area contributed by atoms with Gasteiger partial charge in [0.2, 0.25) is 0 Å². The first-order valence-electron chi connectivity index (χ1n) is 10.3. The van der Waals surface area contributed by atoms with Crippen LogP contribution in [0.25, 0.3) is 10.9 Å². The van der Waals surface area contributed by atoms with Gasteiger partial charge in [-0.05, 0) is 42.7 Å². The van der Waals surface area contributed by atoms with E-state index in [1.165, 1.54) is 0 Å². The Bertz CT molecular complexity index is 1260. The van der Waals surface area contributed by atoms with Gasteiger partial charge in [-0.1, -0.05) is 29.3 Å². The number of carbonyl (C=O) groups excluding carboxylic acids is 3. The van der Waals surface area contributed by atoms with Crippen LogP contribution in [0.3, 0.4) is 0 Å². The van der Waals surface area contributed by atoms with Crippen LogP contribution in [0.15, 0.2) is 30.5 Å². The summed E-state index contributed by atoms with van der Waals surface area (Å²) in [7, 11) is 0. The van der Waals surface area contributed by atoms with Crippen LogP contribution >= 0.6 is 23.2 Å². The average Bonchev–Trinajstić information content (AvgIpc) is 3.24. The lowest BCUT2D eigenvalue weighted by molar-refractivity contribution is 0.0734. The summed E-state index contributed by atoms with van der Waals surface area (Å²) in [6.07, 6.45) is 2.19. The topological polar surface area (TPSA) is 133 Å². The van der Waals surface area contributed by atoms with E-state index in [0.29, 0.717) is 25.1 Å². The van der Waals surface area contributed by atoms with Crippen LogP contribution in [0.1, 0.15) is 38.8 Å². The van der Waals surface area contributed by atoms with Crippen LogP contribution in [0.2, 0.25) is 10.0 Å². The summed E-state index contributed by atoms with van der Waals surface area (Å²) < 4.78 is 0. The maximum absolute atomic E-state index is 13.1. The van der Waals surface area contributed by atoms with Gasteiger partial charge in [0.1, 0.15) is 0 Å². The van der Waals surface area contributed by atoms with Gasteiger partial charge < -0.3 is 21.3 Å². The van der Waals surface area contributed by atoms with Gasteiger partial charge in [-0.25, -0.2) is 4.79 Å². The number of nitrogens with two attached hydrogens (primary N) is 1. The molecule has 1 unspecified atom stereocenters. The monoisotopic (exact) mass is 488 g/mol. The van der Waals surface area contributed by atoms with Crippen molar-refractivity contribution in [1.82, 2.24) is 25.7 Å². The summed E-state index contributed by atoms with van der Waals surface area (Å²) in [4.78, 5) is 38.4. The van der Waals surface area contributed by atoms with E-state index in [4.69, 9.17) is 28.9 Å². The third kappa shape index (κ3) is 4.74. The van der Waals surface area contributed by atoms with Crippen molar-refractivity contribution in [2.45, 2.75) is 25.9 Å². The quantitative estimate of drug-likeness (QED) is 0.439. The number of benzene rings is 2. The molecule has 0 bridgehead atoms. The number of amides is 4. The lowest BCUT2D eigenvalue weighted by Gasteiger charge is -2.30. The van der Waals surface area contributed by atoms with Gasteiger partial charge >= 0.3 is 6.03 Å². The molecule has 172 valence electrons. The minimum atomic E-state index is -0.676. The summed E-state index contributed by atoms with van der Waals surface area (Å²) in [6, 6.07) is 6.03. The number of carbonyl (C=O) groups is 3. The molecular formula is C22H22Cl2N6O3. The first kappa shape index (κ1) is 22.9. The molecule has 1 aromatic heterocycles. The molecule has 4 rings (SSSR count). The number of fused-ring (bicyclic) bond motifs is 2. The molecule has 2 aromatic carbocycles. The second-order valence-corrected chi connectivity index (χ2v) is 8.74. The molecule has 0 fully saturated rings. The SMILES string of the molecule is CC(CNC(N)=O)NC(=O)c1c(Cl)cc2c(c1Cl)CCN(C(=O)c1ccc3cn[nH]c3c1)C2. The lowest BCUT2D eigenvalue weighted by atomic mass is 9.96. The number of nitrogens with zero attached hydrogens (tertiary/aromatic N) is 2. The molecule has 4 amide bonds. The number of nitrogens with one attached hydrogen (secondary N) is 3. The minimum Gasteiger partial charge on any atom is -0.352 e. The number of hydrogen-bond donors (Lipinski definition) is 4. The summed E-state index contributed by atoms with van der Waals surface area (Å²) in [5, 5.41) is 13.4. The van der Waals surface area contributed by atoms with Gasteiger partial charge in [0.15, 0.2) is 0 Å². The Labute approximate surface area is 199 Å². The number of primary amides is 1. The van der Waals surface area contributed by atoms with Gasteiger partial charge in [0, 0.05) is 36.6 Å². The molecule has 0 spiro atoms. The average molecular weight is 489 g/mol. The van der Waals surface area contributed by atoms with E-state index in [9.17, 15) is 14.4 Å². The molecule has 5 N–H and O–H groups in total. The Morgan fingerprint density at radius 2 is 2.06 bits per heavy atom. The van der Waals surface area contributed by atoms with Crippen molar-refractivity contribution in [3.63, 3.8) is 0 Å². The largest absolute Gasteiger partial charge is 0.352 e. The molecule has 33 heavy (non-hydrogen) atoms. The van der Waals surface area contributed by atoms with Gasteiger partial charge in [-0.15, -0.1) is 0 Å². The zero-order valence-electron chi connectivity index (χ0n) is 17.7. The van der Waals surface area contributed by atoms with Crippen molar-refractivity contribution >= 4 is 52.0 Å². The molecule has 0 radical (unpaired) electrons. The molecule has 3 aromatic rings. The van der Waals surface area contributed by atoms with Crippen molar-refractivity contribution in [2.24, 2.45) is 5.73 Å². The van der Waals surface area contributed by atoms with E-state index in [2.05, 4.69) is 20.8 Å². The second-order valence-electron chi connectivity index (χ2n) is 7.95. The van der Waals surface area contributed by atoms with Crippen molar-refractivity contribution in [1.29, 1.82) is 0 Å². The first-order chi connectivity index (χ1) is 15.7. The fourth-order valence-electron chi connectivity index (χ4n) is 3.89. The van der Waals surface area contributed by atoms with E-state index in [0.717, 1.165) is 22.0 Å². The number of aromatic amines is 1. The molecule has 1 aliphatic rings.